The Morgan fingerprint density at radius 1 is 0.727 bits per heavy atom. The van der Waals surface area contributed by atoms with Crippen LogP contribution < -0.4 is 10.3 Å². The lowest BCUT2D eigenvalue weighted by molar-refractivity contribution is 0.599. The van der Waals surface area contributed by atoms with Gasteiger partial charge in [0.2, 0.25) is 0 Å². The van der Waals surface area contributed by atoms with E-state index in [2.05, 4.69) is 10.3 Å². The highest BCUT2D eigenvalue weighted by Gasteiger charge is 1.78. The van der Waals surface area contributed by atoms with Crippen LogP contribution in [0.15, 0.2) is 36.4 Å². The lowest BCUT2D eigenvalue weighted by Gasteiger charge is -1.72. The molecule has 0 amide bonds. The summed E-state index contributed by atoms with van der Waals surface area (Å²) >= 11 is 0. The second-order valence-electron chi connectivity index (χ2n) is 1.74. The van der Waals surface area contributed by atoms with Gasteiger partial charge in [-0.05, 0) is 0 Å². The minimum absolute atomic E-state index is 2.00. The summed E-state index contributed by atoms with van der Waals surface area (Å²) in [6, 6.07) is 12.0. The Labute approximate surface area is 66.0 Å². The minimum Gasteiger partial charge on any atom is -0.216 e. The molecule has 5 heteroatoms. The first kappa shape index (κ1) is 10.1. The van der Waals surface area contributed by atoms with Gasteiger partial charge in [0.15, 0.2) is 0 Å². The van der Waals surface area contributed by atoms with E-state index in [0.717, 1.165) is 0 Å². The van der Waals surface area contributed by atoms with Gasteiger partial charge in [-0.1, -0.05) is 36.4 Å². The molecule has 0 spiro atoms. The normalized spacial score (nSPS) is 9.64. The highest BCUT2D eigenvalue weighted by molar-refractivity contribution is 7.86. The van der Waals surface area contributed by atoms with Crippen molar-refractivity contribution in [3.63, 3.8) is 0 Å². The van der Waals surface area contributed by atoms with E-state index in [1.54, 1.807) is 0 Å². The monoisotopic (exact) mass is 174 g/mol. The second-order valence-corrected chi connectivity index (χ2v) is 2.92. The molecule has 0 saturated carbocycles. The molecule has 0 fully saturated rings. The van der Waals surface area contributed by atoms with Crippen LogP contribution in [0, 0.1) is 0 Å². The molecule has 0 heterocycles. The van der Waals surface area contributed by atoms with E-state index in [-0.39, 0.29) is 0 Å². The van der Waals surface area contributed by atoms with Gasteiger partial charge in [-0.25, -0.2) is 10.3 Å². The van der Waals surface area contributed by atoms with E-state index in [1.807, 2.05) is 36.4 Å². The number of hydrogen-bond donors (Lipinski definition) is 2. The largest absolute Gasteiger partial charge is 0.271 e. The molecule has 62 valence electrons. The van der Waals surface area contributed by atoms with Crippen molar-refractivity contribution in [2.24, 2.45) is 10.3 Å². The Hall–Kier alpha value is -0.910. The standard InChI is InChI=1S/C6H6.H4N2O2S/c1-2-4-6-5-3-1;1-5(2,3)4/h1-6H;(H4,1,2,3,4). The number of benzene rings is 1. The van der Waals surface area contributed by atoms with Crippen LogP contribution in [0.5, 0.6) is 0 Å². The van der Waals surface area contributed by atoms with E-state index < -0.39 is 10.2 Å². The van der Waals surface area contributed by atoms with E-state index in [9.17, 15) is 8.42 Å². The van der Waals surface area contributed by atoms with Gasteiger partial charge < -0.3 is 0 Å². The van der Waals surface area contributed by atoms with Crippen LogP contribution in [0.3, 0.4) is 0 Å². The summed E-state index contributed by atoms with van der Waals surface area (Å²) in [6.07, 6.45) is 0. The predicted molar refractivity (Wildman–Crippen MR) is 43.7 cm³/mol. The number of nitrogens with two attached hydrogens (primary N) is 2. The zero-order valence-electron chi connectivity index (χ0n) is 5.84. The molecule has 0 bridgehead atoms. The maximum absolute atomic E-state index is 9.19. The van der Waals surface area contributed by atoms with Crippen molar-refractivity contribution in [1.82, 2.24) is 0 Å². The van der Waals surface area contributed by atoms with Gasteiger partial charge in [0.25, 0.3) is 10.2 Å². The SMILES string of the molecule is NS(N)(=O)=O.c1ccccc1. The summed E-state index contributed by atoms with van der Waals surface area (Å²) in [5.74, 6) is 0. The quantitative estimate of drug-likeness (QED) is 0.572. The smallest absolute Gasteiger partial charge is 0.216 e. The Morgan fingerprint density at radius 3 is 0.909 bits per heavy atom. The minimum atomic E-state index is -3.67. The summed E-state index contributed by atoms with van der Waals surface area (Å²) in [6.45, 7) is 0. The Morgan fingerprint density at radius 2 is 0.818 bits per heavy atom. The third-order valence-electron chi connectivity index (χ3n) is 0.667. The fourth-order valence-electron chi connectivity index (χ4n) is 0.385. The molecule has 0 aromatic heterocycles. The summed E-state index contributed by atoms with van der Waals surface area (Å²) in [5, 5.41) is 8.21. The Kier molecular flexibility index (Phi) is 4.44. The van der Waals surface area contributed by atoms with Gasteiger partial charge in [-0.3, -0.25) is 0 Å². The first-order chi connectivity index (χ1) is 5.00. The topological polar surface area (TPSA) is 86.2 Å². The summed E-state index contributed by atoms with van der Waals surface area (Å²) in [4.78, 5) is 0. The molecule has 1 aromatic rings. The van der Waals surface area contributed by atoms with Crippen molar-refractivity contribution in [3.05, 3.63) is 36.4 Å². The predicted octanol–water partition coefficient (Wildman–Crippen LogP) is -0.165. The molecule has 0 unspecified atom stereocenters. The van der Waals surface area contributed by atoms with E-state index in [4.69, 9.17) is 0 Å². The lowest BCUT2D eigenvalue weighted by atomic mass is 10.4. The lowest BCUT2D eigenvalue weighted by Crippen LogP contribution is -2.21. The van der Waals surface area contributed by atoms with Crippen LogP contribution >= 0.6 is 0 Å². The third kappa shape index (κ3) is 17.6. The van der Waals surface area contributed by atoms with Crippen LogP contribution in [-0.2, 0) is 10.2 Å². The molecule has 0 saturated heterocycles. The molecule has 0 radical (unpaired) electrons. The zero-order valence-corrected chi connectivity index (χ0v) is 6.66. The van der Waals surface area contributed by atoms with E-state index >= 15 is 0 Å². The number of hydrogen-bond acceptors (Lipinski definition) is 2. The molecule has 0 aliphatic heterocycles. The highest BCUT2D eigenvalue weighted by Crippen LogP contribution is 1.79. The van der Waals surface area contributed by atoms with E-state index in [0.29, 0.717) is 0 Å². The fraction of sp³-hybridized carbons (Fsp3) is 0. The van der Waals surface area contributed by atoms with Crippen LogP contribution in [0.25, 0.3) is 0 Å². The van der Waals surface area contributed by atoms with Gasteiger partial charge in [0.05, 0.1) is 0 Å². The molecular weight excluding hydrogens is 164 g/mol. The first-order valence-electron chi connectivity index (χ1n) is 2.80. The molecule has 0 atom stereocenters. The fourth-order valence-corrected chi connectivity index (χ4v) is 0.385. The summed E-state index contributed by atoms with van der Waals surface area (Å²) in [5.41, 5.74) is 0. The maximum atomic E-state index is 9.19. The Bertz CT molecular complexity index is 235. The molecule has 11 heavy (non-hydrogen) atoms. The molecule has 1 rings (SSSR count). The van der Waals surface area contributed by atoms with Crippen molar-refractivity contribution < 1.29 is 8.42 Å². The third-order valence-corrected chi connectivity index (χ3v) is 0.667. The molecule has 1 aromatic carbocycles. The van der Waals surface area contributed by atoms with Crippen LogP contribution in [-0.4, -0.2) is 8.42 Å². The second kappa shape index (κ2) is 4.84. The van der Waals surface area contributed by atoms with Crippen LogP contribution in [0.2, 0.25) is 0 Å². The van der Waals surface area contributed by atoms with Gasteiger partial charge in [-0.15, -0.1) is 0 Å². The van der Waals surface area contributed by atoms with Gasteiger partial charge >= 0.3 is 0 Å². The summed E-state index contributed by atoms with van der Waals surface area (Å²) in [7, 11) is -3.67. The Balaban J connectivity index is 0.000000187. The average Bonchev–Trinajstić information content (AvgIpc) is 1.88. The highest BCUT2D eigenvalue weighted by atomic mass is 32.2. The molecule has 4 nitrogen and oxygen atoms in total. The molecule has 0 aliphatic carbocycles. The van der Waals surface area contributed by atoms with Crippen molar-refractivity contribution in [2.75, 3.05) is 0 Å². The molecular formula is C6H10N2O2S. The first-order valence-corrected chi connectivity index (χ1v) is 4.41. The average molecular weight is 174 g/mol. The van der Waals surface area contributed by atoms with Crippen molar-refractivity contribution in [1.29, 1.82) is 0 Å². The van der Waals surface area contributed by atoms with Crippen LogP contribution in [0.1, 0.15) is 0 Å². The molecule has 0 aliphatic rings. The van der Waals surface area contributed by atoms with Gasteiger partial charge in [0, 0.05) is 0 Å². The van der Waals surface area contributed by atoms with Crippen LogP contribution in [0.4, 0.5) is 0 Å². The zero-order chi connectivity index (χ0) is 8.74. The van der Waals surface area contributed by atoms with Crippen molar-refractivity contribution in [3.8, 4) is 0 Å². The van der Waals surface area contributed by atoms with Gasteiger partial charge in [-0.2, -0.15) is 8.42 Å². The van der Waals surface area contributed by atoms with Crippen molar-refractivity contribution >= 4 is 10.2 Å². The number of rotatable bonds is 0. The van der Waals surface area contributed by atoms with Crippen molar-refractivity contribution in [2.45, 2.75) is 0 Å². The molecule has 4 N–H and O–H groups in total. The van der Waals surface area contributed by atoms with E-state index in [1.165, 1.54) is 0 Å². The maximum Gasteiger partial charge on any atom is 0.271 e. The van der Waals surface area contributed by atoms with Gasteiger partial charge in [0.1, 0.15) is 0 Å². The summed E-state index contributed by atoms with van der Waals surface area (Å²) < 4.78 is 18.4.